The summed E-state index contributed by atoms with van der Waals surface area (Å²) in [5, 5.41) is 5.58. The van der Waals surface area contributed by atoms with Crippen LogP contribution in [0.3, 0.4) is 0 Å². The zero-order valence-corrected chi connectivity index (χ0v) is 14.9. The molecule has 1 aliphatic heterocycles. The normalized spacial score (nSPS) is 15.9. The average molecular weight is 357 g/mol. The Morgan fingerprint density at radius 3 is 2.19 bits per heavy atom. The van der Waals surface area contributed by atoms with Crippen LogP contribution in [0.5, 0.6) is 17.2 Å². The molecule has 0 saturated heterocycles. The van der Waals surface area contributed by atoms with Gasteiger partial charge in [-0.1, -0.05) is 0 Å². The molecule has 136 valence electrons. The Morgan fingerprint density at radius 2 is 1.69 bits per heavy atom. The Hall–Kier alpha value is -3.29. The average Bonchev–Trinajstić information content (AvgIpc) is 3.13. The number of carbonyl (C=O) groups is 1. The third-order valence-corrected chi connectivity index (χ3v) is 3.87. The largest absolute Gasteiger partial charge is 0.493 e. The Morgan fingerprint density at radius 1 is 1.08 bits per heavy atom. The molecule has 8 heteroatoms. The lowest BCUT2D eigenvalue weighted by Crippen LogP contribution is -2.25. The molecule has 26 heavy (non-hydrogen) atoms. The number of hydrogen-bond acceptors (Lipinski definition) is 7. The van der Waals surface area contributed by atoms with Gasteiger partial charge in [0.05, 0.1) is 21.3 Å². The highest BCUT2D eigenvalue weighted by molar-refractivity contribution is 5.96. The highest BCUT2D eigenvalue weighted by Crippen LogP contribution is 2.42. The van der Waals surface area contributed by atoms with Crippen LogP contribution in [0.1, 0.15) is 24.3 Å². The summed E-state index contributed by atoms with van der Waals surface area (Å²) in [7, 11) is 4.58. The molecule has 1 aromatic carbocycles. The highest BCUT2D eigenvalue weighted by atomic mass is 16.5. The van der Waals surface area contributed by atoms with Crippen molar-refractivity contribution in [3.05, 3.63) is 47.8 Å². The molecule has 0 saturated carbocycles. The highest BCUT2D eigenvalue weighted by Gasteiger charge is 2.34. The van der Waals surface area contributed by atoms with E-state index in [1.165, 1.54) is 33.3 Å². The number of aromatic nitrogens is 1. The summed E-state index contributed by atoms with van der Waals surface area (Å²) in [4.78, 5) is 16.1. The maximum atomic E-state index is 12.1. The molecule has 0 spiro atoms. The van der Waals surface area contributed by atoms with E-state index in [2.05, 4.69) is 10.1 Å². The van der Waals surface area contributed by atoms with E-state index in [-0.39, 0.29) is 5.91 Å². The summed E-state index contributed by atoms with van der Waals surface area (Å²) in [6, 6.07) is 6.98. The first-order valence-electron chi connectivity index (χ1n) is 7.84. The van der Waals surface area contributed by atoms with E-state index in [1.807, 2.05) is 0 Å². The zero-order valence-electron chi connectivity index (χ0n) is 14.9. The van der Waals surface area contributed by atoms with E-state index in [0.717, 1.165) is 5.56 Å². The number of amides is 1. The van der Waals surface area contributed by atoms with Gasteiger partial charge in [0.1, 0.15) is 0 Å². The van der Waals surface area contributed by atoms with Crippen molar-refractivity contribution in [2.75, 3.05) is 21.3 Å². The second-order valence-electron chi connectivity index (χ2n) is 5.43. The summed E-state index contributed by atoms with van der Waals surface area (Å²) < 4.78 is 22.0. The SMILES string of the molecule is COc1cc([C@H]2OC(c3ccncc3)=NN2C(C)=O)cc(OC)c1OC. The maximum Gasteiger partial charge on any atom is 0.243 e. The van der Waals surface area contributed by atoms with Gasteiger partial charge in [0.25, 0.3) is 0 Å². The molecule has 8 nitrogen and oxygen atoms in total. The van der Waals surface area contributed by atoms with Crippen molar-refractivity contribution in [1.29, 1.82) is 0 Å². The molecule has 0 bridgehead atoms. The number of ether oxygens (including phenoxy) is 4. The van der Waals surface area contributed by atoms with Crippen molar-refractivity contribution in [3.8, 4) is 17.2 Å². The van der Waals surface area contributed by atoms with Crippen molar-refractivity contribution in [1.82, 2.24) is 9.99 Å². The third kappa shape index (κ3) is 3.13. The molecule has 0 aliphatic carbocycles. The summed E-state index contributed by atoms with van der Waals surface area (Å²) in [5.74, 6) is 1.47. The van der Waals surface area contributed by atoms with Crippen molar-refractivity contribution >= 4 is 11.8 Å². The van der Waals surface area contributed by atoms with E-state index >= 15 is 0 Å². The number of carbonyl (C=O) groups excluding carboxylic acids is 1. The first-order chi connectivity index (χ1) is 12.6. The van der Waals surface area contributed by atoms with E-state index in [9.17, 15) is 4.79 Å². The molecular weight excluding hydrogens is 338 g/mol. The maximum absolute atomic E-state index is 12.1. The van der Waals surface area contributed by atoms with Gasteiger partial charge in [0.15, 0.2) is 11.5 Å². The third-order valence-electron chi connectivity index (χ3n) is 3.87. The summed E-state index contributed by atoms with van der Waals surface area (Å²) in [5.41, 5.74) is 1.36. The molecule has 0 fully saturated rings. The van der Waals surface area contributed by atoms with E-state index in [4.69, 9.17) is 18.9 Å². The van der Waals surface area contributed by atoms with Crippen molar-refractivity contribution in [3.63, 3.8) is 0 Å². The fourth-order valence-corrected chi connectivity index (χ4v) is 2.64. The molecule has 0 radical (unpaired) electrons. The first-order valence-corrected chi connectivity index (χ1v) is 7.84. The molecule has 2 heterocycles. The van der Waals surface area contributed by atoms with Crippen LogP contribution in [0.4, 0.5) is 0 Å². The van der Waals surface area contributed by atoms with Gasteiger partial charge in [-0.25, -0.2) is 0 Å². The summed E-state index contributed by atoms with van der Waals surface area (Å²) >= 11 is 0. The molecule has 1 aromatic heterocycles. The lowest BCUT2D eigenvalue weighted by molar-refractivity contribution is -0.135. The van der Waals surface area contributed by atoms with Crippen molar-refractivity contribution in [2.45, 2.75) is 13.2 Å². The van der Waals surface area contributed by atoms with Crippen LogP contribution >= 0.6 is 0 Å². The van der Waals surface area contributed by atoms with Gasteiger partial charge in [0, 0.05) is 30.4 Å². The Kier molecular flexibility index (Phi) is 4.92. The number of methoxy groups -OCH3 is 3. The minimum atomic E-state index is -0.746. The van der Waals surface area contributed by atoms with Crippen LogP contribution in [-0.4, -0.2) is 43.1 Å². The number of rotatable bonds is 5. The van der Waals surface area contributed by atoms with Crippen LogP contribution < -0.4 is 14.2 Å². The minimum absolute atomic E-state index is 0.257. The van der Waals surface area contributed by atoms with Gasteiger partial charge in [-0.2, -0.15) is 5.01 Å². The molecule has 0 N–H and O–H groups in total. The molecular formula is C18H19N3O5. The standard InChI is InChI=1S/C18H19N3O5/c1-11(22)21-18(26-17(20-21)12-5-7-19-8-6-12)13-9-14(23-2)16(25-4)15(10-13)24-3/h5-10,18H,1-4H3/t18-/m1/s1. The minimum Gasteiger partial charge on any atom is -0.493 e. The number of benzene rings is 1. The van der Waals surface area contributed by atoms with Crippen molar-refractivity contribution in [2.24, 2.45) is 5.10 Å². The molecule has 1 amide bonds. The fraction of sp³-hybridized carbons (Fsp3) is 0.278. The second-order valence-corrected chi connectivity index (χ2v) is 5.43. The predicted molar refractivity (Wildman–Crippen MR) is 93.2 cm³/mol. The Bertz CT molecular complexity index is 813. The van der Waals surface area contributed by atoms with E-state index < -0.39 is 6.23 Å². The molecule has 1 aliphatic rings. The predicted octanol–water partition coefficient (Wildman–Crippen LogP) is 2.35. The van der Waals surface area contributed by atoms with Gasteiger partial charge in [-0.3, -0.25) is 9.78 Å². The van der Waals surface area contributed by atoms with E-state index in [0.29, 0.717) is 28.7 Å². The van der Waals surface area contributed by atoms with Crippen LogP contribution in [0, 0.1) is 0 Å². The number of hydrazone groups is 1. The lowest BCUT2D eigenvalue weighted by atomic mass is 10.1. The number of hydrogen-bond donors (Lipinski definition) is 0. The Balaban J connectivity index is 2.02. The smallest absolute Gasteiger partial charge is 0.243 e. The molecule has 0 unspecified atom stereocenters. The van der Waals surface area contributed by atoms with Gasteiger partial charge < -0.3 is 18.9 Å². The zero-order chi connectivity index (χ0) is 18.7. The number of pyridine rings is 1. The first kappa shape index (κ1) is 17.5. The van der Waals surface area contributed by atoms with Crippen LogP contribution in [0.15, 0.2) is 41.8 Å². The molecule has 1 atom stereocenters. The summed E-state index contributed by atoms with van der Waals surface area (Å²) in [6.45, 7) is 1.42. The van der Waals surface area contributed by atoms with E-state index in [1.54, 1.807) is 36.7 Å². The van der Waals surface area contributed by atoms with Crippen LogP contribution in [0.25, 0.3) is 0 Å². The van der Waals surface area contributed by atoms with Gasteiger partial charge >= 0.3 is 0 Å². The molecule has 3 rings (SSSR count). The van der Waals surface area contributed by atoms with Gasteiger partial charge in [0.2, 0.25) is 23.8 Å². The molecule has 2 aromatic rings. The van der Waals surface area contributed by atoms with Gasteiger partial charge in [-0.15, -0.1) is 5.10 Å². The lowest BCUT2D eigenvalue weighted by Gasteiger charge is -2.21. The topological polar surface area (TPSA) is 82.5 Å². The second kappa shape index (κ2) is 7.30. The Labute approximate surface area is 150 Å². The van der Waals surface area contributed by atoms with Crippen molar-refractivity contribution < 1.29 is 23.7 Å². The quantitative estimate of drug-likeness (QED) is 0.817. The number of nitrogens with zero attached hydrogens (tertiary/aromatic N) is 3. The summed E-state index contributed by atoms with van der Waals surface area (Å²) in [6.07, 6.45) is 2.52. The van der Waals surface area contributed by atoms with Crippen LogP contribution in [0.2, 0.25) is 0 Å². The fourth-order valence-electron chi connectivity index (χ4n) is 2.64. The monoisotopic (exact) mass is 357 g/mol. The van der Waals surface area contributed by atoms with Crippen LogP contribution in [-0.2, 0) is 9.53 Å². The van der Waals surface area contributed by atoms with Gasteiger partial charge in [-0.05, 0) is 24.3 Å².